The minimum Gasteiger partial charge on any atom is -0.507 e. The summed E-state index contributed by atoms with van der Waals surface area (Å²) in [5.74, 6) is -0.223. The van der Waals surface area contributed by atoms with Crippen LogP contribution in [-0.4, -0.2) is 40.2 Å². The van der Waals surface area contributed by atoms with E-state index < -0.39 is 17.7 Å². The quantitative estimate of drug-likeness (QED) is 0.0387. The highest BCUT2D eigenvalue weighted by molar-refractivity contribution is 8.00. The lowest BCUT2D eigenvalue weighted by atomic mass is 9.95. The second kappa shape index (κ2) is 14.7. The maximum absolute atomic E-state index is 13.6. The van der Waals surface area contributed by atoms with Gasteiger partial charge in [-0.3, -0.25) is 14.5 Å². The number of nitrogens with zero attached hydrogens (tertiary/aromatic N) is 3. The number of unbranched alkanes of at least 4 members (excludes halogenated alkanes) is 2. The van der Waals surface area contributed by atoms with E-state index in [4.69, 9.17) is 21.1 Å². The summed E-state index contributed by atoms with van der Waals surface area (Å²) in [6.07, 6.45) is 3.03. The van der Waals surface area contributed by atoms with E-state index in [2.05, 4.69) is 17.1 Å². The predicted molar refractivity (Wildman–Crippen MR) is 175 cm³/mol. The molecule has 1 N–H and O–H groups in total. The lowest BCUT2D eigenvalue weighted by Gasteiger charge is -2.23. The summed E-state index contributed by atoms with van der Waals surface area (Å²) in [6.45, 7) is 4.93. The third-order valence-corrected chi connectivity index (χ3v) is 9.34. The Labute approximate surface area is 269 Å². The molecule has 0 bridgehead atoms. The molecular weight excluding hydrogens is 618 g/mol. The Bertz CT molecular complexity index is 1640. The van der Waals surface area contributed by atoms with Crippen LogP contribution >= 0.6 is 34.7 Å². The first-order valence-corrected chi connectivity index (χ1v) is 16.6. The van der Waals surface area contributed by atoms with E-state index in [1.807, 2.05) is 37.3 Å². The summed E-state index contributed by atoms with van der Waals surface area (Å²) in [4.78, 5) is 28.6. The van der Waals surface area contributed by atoms with Crippen molar-refractivity contribution in [2.75, 3.05) is 18.1 Å². The van der Waals surface area contributed by atoms with Gasteiger partial charge in [0.1, 0.15) is 5.76 Å². The number of amides is 1. The Morgan fingerprint density at radius 1 is 0.977 bits per heavy atom. The second-order valence-electron chi connectivity index (χ2n) is 10.00. The lowest BCUT2D eigenvalue weighted by Crippen LogP contribution is -2.29. The van der Waals surface area contributed by atoms with Crippen LogP contribution in [0.2, 0.25) is 5.02 Å². The number of halogens is 1. The van der Waals surface area contributed by atoms with Gasteiger partial charge in [0.15, 0.2) is 15.8 Å². The molecular formula is C33H32ClN3O5S2. The van der Waals surface area contributed by atoms with Crippen molar-refractivity contribution >= 4 is 57.3 Å². The van der Waals surface area contributed by atoms with Gasteiger partial charge in [0.25, 0.3) is 5.78 Å². The van der Waals surface area contributed by atoms with Gasteiger partial charge in [0.05, 0.1) is 24.8 Å². The Morgan fingerprint density at radius 3 is 2.48 bits per heavy atom. The third kappa shape index (κ3) is 7.09. The molecule has 1 aliphatic heterocycles. The van der Waals surface area contributed by atoms with Gasteiger partial charge in [0.2, 0.25) is 5.13 Å². The van der Waals surface area contributed by atoms with E-state index in [0.717, 1.165) is 24.8 Å². The fourth-order valence-corrected chi connectivity index (χ4v) is 6.75. The molecule has 1 aliphatic rings. The average molecular weight is 650 g/mol. The lowest BCUT2D eigenvalue weighted by molar-refractivity contribution is -0.132. The van der Waals surface area contributed by atoms with Crippen molar-refractivity contribution in [2.24, 2.45) is 0 Å². The van der Waals surface area contributed by atoms with Crippen LogP contribution in [0.5, 0.6) is 11.5 Å². The van der Waals surface area contributed by atoms with Gasteiger partial charge >= 0.3 is 5.91 Å². The molecule has 11 heteroatoms. The van der Waals surface area contributed by atoms with Crippen LogP contribution in [0.4, 0.5) is 5.13 Å². The standard InChI is InChI=1S/C33H32ClN3O5S2/c1-3-5-9-18-42-25-17-14-23(19-26(25)41-4-2)28-27(29(38)22-12-15-24(34)16-13-22)30(39)31(40)37(28)32-35-36-33(44-32)43-20-21-10-7-6-8-11-21/h6-8,10-17,19,28,38H,3-5,9,18,20H2,1-2H3. The number of ether oxygens (including phenoxy) is 2. The van der Waals surface area contributed by atoms with Crippen LogP contribution in [0.3, 0.4) is 0 Å². The first kappa shape index (κ1) is 31.6. The van der Waals surface area contributed by atoms with Crippen LogP contribution in [0.1, 0.15) is 55.8 Å². The molecule has 5 rings (SSSR count). The molecule has 0 saturated carbocycles. The molecule has 4 aromatic rings. The Kier molecular flexibility index (Phi) is 10.6. The van der Waals surface area contributed by atoms with Crippen molar-refractivity contribution in [1.29, 1.82) is 0 Å². The summed E-state index contributed by atoms with van der Waals surface area (Å²) in [7, 11) is 0. The summed E-state index contributed by atoms with van der Waals surface area (Å²) < 4.78 is 12.6. The minimum atomic E-state index is -0.987. The van der Waals surface area contributed by atoms with Crippen LogP contribution < -0.4 is 14.4 Å². The average Bonchev–Trinajstić information content (AvgIpc) is 3.61. The Morgan fingerprint density at radius 2 is 1.75 bits per heavy atom. The highest BCUT2D eigenvalue weighted by Crippen LogP contribution is 2.45. The van der Waals surface area contributed by atoms with Crippen LogP contribution in [-0.2, 0) is 15.3 Å². The zero-order valence-corrected chi connectivity index (χ0v) is 26.8. The molecule has 8 nitrogen and oxygen atoms in total. The number of thioether (sulfide) groups is 1. The van der Waals surface area contributed by atoms with Gasteiger partial charge in [0, 0.05) is 16.3 Å². The van der Waals surface area contributed by atoms with Gasteiger partial charge in [-0.15, -0.1) is 10.2 Å². The van der Waals surface area contributed by atoms with Crippen molar-refractivity contribution in [1.82, 2.24) is 10.2 Å². The third-order valence-electron chi connectivity index (χ3n) is 6.96. The normalized spacial score (nSPS) is 16.0. The van der Waals surface area contributed by atoms with E-state index in [1.165, 1.54) is 28.0 Å². The van der Waals surface area contributed by atoms with E-state index in [-0.39, 0.29) is 16.5 Å². The molecule has 1 aromatic heterocycles. The topological polar surface area (TPSA) is 102 Å². The number of aliphatic hydroxyl groups is 1. The van der Waals surface area contributed by atoms with E-state index >= 15 is 0 Å². The van der Waals surface area contributed by atoms with E-state index in [0.29, 0.717) is 51.0 Å². The minimum absolute atomic E-state index is 0.0647. The summed E-state index contributed by atoms with van der Waals surface area (Å²) >= 11 is 8.78. The van der Waals surface area contributed by atoms with Crippen LogP contribution in [0, 0.1) is 0 Å². The maximum Gasteiger partial charge on any atom is 0.301 e. The number of aliphatic hydroxyl groups excluding tert-OH is 1. The van der Waals surface area contributed by atoms with Gasteiger partial charge in [-0.1, -0.05) is 90.9 Å². The molecule has 44 heavy (non-hydrogen) atoms. The Balaban J connectivity index is 1.55. The summed E-state index contributed by atoms with van der Waals surface area (Å²) in [5.41, 5.74) is 1.97. The maximum atomic E-state index is 13.6. The zero-order valence-electron chi connectivity index (χ0n) is 24.4. The smallest absolute Gasteiger partial charge is 0.301 e. The number of carbonyl (C=O) groups excluding carboxylic acids is 2. The molecule has 228 valence electrons. The zero-order chi connectivity index (χ0) is 31.1. The van der Waals surface area contributed by atoms with Gasteiger partial charge < -0.3 is 14.6 Å². The van der Waals surface area contributed by atoms with Crippen LogP contribution in [0.15, 0.2) is 82.7 Å². The van der Waals surface area contributed by atoms with Crippen molar-refractivity contribution < 1.29 is 24.2 Å². The van der Waals surface area contributed by atoms with E-state index in [9.17, 15) is 14.7 Å². The van der Waals surface area contributed by atoms with Crippen molar-refractivity contribution in [3.63, 3.8) is 0 Å². The molecule has 1 atom stereocenters. The molecule has 2 heterocycles. The summed E-state index contributed by atoms with van der Waals surface area (Å²) in [6, 6.07) is 20.7. The molecule has 0 radical (unpaired) electrons. The number of rotatable bonds is 13. The monoisotopic (exact) mass is 649 g/mol. The number of hydrogen-bond donors (Lipinski definition) is 1. The second-order valence-corrected chi connectivity index (χ2v) is 12.6. The van der Waals surface area contributed by atoms with Crippen molar-refractivity contribution in [3.05, 3.63) is 100 Å². The largest absolute Gasteiger partial charge is 0.507 e. The van der Waals surface area contributed by atoms with E-state index in [1.54, 1.807) is 42.5 Å². The highest BCUT2D eigenvalue weighted by atomic mass is 35.5. The number of Topliss-reactive ketones (excluding diaryl/α,β-unsaturated/α-hetero) is 1. The molecule has 3 aromatic carbocycles. The number of anilines is 1. The SMILES string of the molecule is CCCCCOc1ccc(C2C(=C(O)c3ccc(Cl)cc3)C(=O)C(=O)N2c2nnc(SCc3ccccc3)s2)cc1OCC. The highest BCUT2D eigenvalue weighted by Gasteiger charge is 2.48. The van der Waals surface area contributed by atoms with Gasteiger partial charge in [-0.2, -0.15) is 0 Å². The van der Waals surface area contributed by atoms with Crippen molar-refractivity contribution in [2.45, 2.75) is 49.2 Å². The number of hydrogen-bond acceptors (Lipinski definition) is 9. The predicted octanol–water partition coefficient (Wildman–Crippen LogP) is 8.08. The fraction of sp³-hybridized carbons (Fsp3) is 0.273. The molecule has 1 fully saturated rings. The first-order valence-electron chi connectivity index (χ1n) is 14.4. The number of aromatic nitrogens is 2. The fourth-order valence-electron chi connectivity index (χ4n) is 4.80. The van der Waals surface area contributed by atoms with Gasteiger partial charge in [-0.05, 0) is 60.9 Å². The molecule has 1 amide bonds. The van der Waals surface area contributed by atoms with Gasteiger partial charge in [-0.25, -0.2) is 0 Å². The van der Waals surface area contributed by atoms with Crippen molar-refractivity contribution in [3.8, 4) is 11.5 Å². The molecule has 0 spiro atoms. The van der Waals surface area contributed by atoms with Crippen LogP contribution in [0.25, 0.3) is 5.76 Å². The molecule has 0 aliphatic carbocycles. The number of benzene rings is 3. The number of ketones is 1. The molecule has 1 saturated heterocycles. The Hall–Kier alpha value is -3.86. The summed E-state index contributed by atoms with van der Waals surface area (Å²) in [5, 5.41) is 20.8. The number of carbonyl (C=O) groups is 2. The first-order chi connectivity index (χ1) is 21.4. The molecule has 1 unspecified atom stereocenters.